The third-order valence-corrected chi connectivity index (χ3v) is 6.47. The lowest BCUT2D eigenvalue weighted by atomic mass is 9.98. The maximum atomic E-state index is 10.1. The Kier molecular flexibility index (Phi) is 4.45. The molecule has 0 bridgehead atoms. The van der Waals surface area contributed by atoms with Crippen molar-refractivity contribution < 1.29 is 5.11 Å². The fourth-order valence-corrected chi connectivity index (χ4v) is 5.27. The molecular weight excluding hydrogens is 248 g/mol. The average molecular weight is 268 g/mol. The second-order valence-corrected chi connectivity index (χ2v) is 7.79. The van der Waals surface area contributed by atoms with Crippen molar-refractivity contribution in [3.8, 4) is 0 Å². The summed E-state index contributed by atoms with van der Waals surface area (Å²) in [5.41, 5.74) is 2.42. The van der Waals surface area contributed by atoms with Gasteiger partial charge in [0.05, 0.1) is 10.2 Å². The van der Waals surface area contributed by atoms with Gasteiger partial charge in [0, 0.05) is 0 Å². The quantitative estimate of drug-likeness (QED) is 0.888. The zero-order chi connectivity index (χ0) is 12.3. The van der Waals surface area contributed by atoms with Crippen molar-refractivity contribution in [3.05, 3.63) is 35.4 Å². The summed E-state index contributed by atoms with van der Waals surface area (Å²) in [4.78, 5) is 0. The topological polar surface area (TPSA) is 20.2 Å². The maximum Gasteiger partial charge on any atom is 0.0835 e. The van der Waals surface area contributed by atoms with Gasteiger partial charge in [-0.25, -0.2) is 0 Å². The second-order valence-electron chi connectivity index (χ2n) is 4.51. The van der Waals surface area contributed by atoms with Crippen LogP contribution in [-0.2, 0) is 4.08 Å². The van der Waals surface area contributed by atoms with Crippen LogP contribution >= 0.6 is 23.5 Å². The third kappa shape index (κ3) is 2.83. The van der Waals surface area contributed by atoms with Crippen molar-refractivity contribution in [2.45, 2.75) is 36.9 Å². The highest BCUT2D eigenvalue weighted by Gasteiger charge is 2.33. The summed E-state index contributed by atoms with van der Waals surface area (Å²) in [6.07, 6.45) is 1.75. The Hall–Kier alpha value is -0.120. The Morgan fingerprint density at radius 3 is 2.59 bits per heavy atom. The molecule has 2 rings (SSSR count). The molecule has 1 aliphatic heterocycles. The van der Waals surface area contributed by atoms with E-state index in [1.165, 1.54) is 23.5 Å². The van der Waals surface area contributed by atoms with Crippen LogP contribution in [0, 0.1) is 0 Å². The van der Waals surface area contributed by atoms with Gasteiger partial charge in [-0.05, 0) is 42.4 Å². The van der Waals surface area contributed by atoms with Crippen LogP contribution in [0.15, 0.2) is 24.3 Å². The highest BCUT2D eigenvalue weighted by atomic mass is 32.2. The number of aliphatic hydroxyl groups is 1. The van der Waals surface area contributed by atoms with Gasteiger partial charge in [-0.2, -0.15) is 0 Å². The molecular formula is C14H20OS2. The fraction of sp³-hybridized carbons (Fsp3) is 0.571. The lowest BCUT2D eigenvalue weighted by Crippen LogP contribution is -2.21. The van der Waals surface area contributed by atoms with Gasteiger partial charge in [-0.3, -0.25) is 0 Å². The van der Waals surface area contributed by atoms with Crippen LogP contribution in [-0.4, -0.2) is 16.6 Å². The minimum atomic E-state index is -0.328. The molecule has 1 fully saturated rings. The molecule has 1 aromatic carbocycles. The molecule has 1 N–H and O–H groups in total. The predicted molar refractivity (Wildman–Crippen MR) is 78.6 cm³/mol. The van der Waals surface area contributed by atoms with E-state index in [9.17, 15) is 5.11 Å². The van der Waals surface area contributed by atoms with Crippen LogP contribution in [0.2, 0.25) is 0 Å². The van der Waals surface area contributed by atoms with Gasteiger partial charge in [0.1, 0.15) is 0 Å². The van der Waals surface area contributed by atoms with Crippen molar-refractivity contribution in [1.29, 1.82) is 0 Å². The normalized spacial score (nSPS) is 21.1. The molecule has 0 spiro atoms. The minimum absolute atomic E-state index is 0.116. The first-order valence-corrected chi connectivity index (χ1v) is 8.20. The van der Waals surface area contributed by atoms with Crippen LogP contribution in [0.25, 0.3) is 0 Å². The summed E-state index contributed by atoms with van der Waals surface area (Å²) in [7, 11) is 0. The third-order valence-electron chi connectivity index (χ3n) is 3.24. The first-order chi connectivity index (χ1) is 8.17. The van der Waals surface area contributed by atoms with Gasteiger partial charge in [-0.15, -0.1) is 23.5 Å². The van der Waals surface area contributed by atoms with Gasteiger partial charge in [-0.1, -0.05) is 31.2 Å². The zero-order valence-electron chi connectivity index (χ0n) is 10.5. The number of benzene rings is 1. The summed E-state index contributed by atoms with van der Waals surface area (Å²) in [5.74, 6) is 2.44. The molecule has 94 valence electrons. The first-order valence-electron chi connectivity index (χ1n) is 6.23. The Bertz CT molecular complexity index is 372. The van der Waals surface area contributed by atoms with E-state index in [1.807, 2.05) is 36.5 Å². The Morgan fingerprint density at radius 1 is 1.29 bits per heavy atom. The van der Waals surface area contributed by atoms with Crippen molar-refractivity contribution in [3.63, 3.8) is 0 Å². The average Bonchev–Trinajstić information content (AvgIpc) is 2.39. The van der Waals surface area contributed by atoms with E-state index in [2.05, 4.69) is 25.1 Å². The van der Waals surface area contributed by atoms with E-state index >= 15 is 0 Å². The molecule has 0 amide bonds. The van der Waals surface area contributed by atoms with Crippen LogP contribution in [0.4, 0.5) is 0 Å². The summed E-state index contributed by atoms with van der Waals surface area (Å²) >= 11 is 4.03. The molecule has 1 atom stereocenters. The van der Waals surface area contributed by atoms with Crippen molar-refractivity contribution in [2.75, 3.05) is 11.5 Å². The highest BCUT2D eigenvalue weighted by molar-refractivity contribution is 8.18. The van der Waals surface area contributed by atoms with E-state index in [1.54, 1.807) is 0 Å². The monoisotopic (exact) mass is 268 g/mol. The largest absolute Gasteiger partial charge is 0.388 e. The van der Waals surface area contributed by atoms with E-state index < -0.39 is 0 Å². The summed E-state index contributed by atoms with van der Waals surface area (Å²) in [6, 6.07) is 8.37. The fourth-order valence-electron chi connectivity index (χ4n) is 2.21. The molecule has 0 aromatic heterocycles. The lowest BCUT2D eigenvalue weighted by molar-refractivity contribution is 0.172. The number of hydrogen-bond donors (Lipinski definition) is 1. The van der Waals surface area contributed by atoms with Crippen LogP contribution in [0.3, 0.4) is 0 Å². The number of rotatable bonds is 3. The Morgan fingerprint density at radius 2 is 1.94 bits per heavy atom. The molecule has 1 unspecified atom stereocenters. The summed E-state index contributed by atoms with van der Waals surface area (Å²) in [6.45, 7) is 4.33. The molecule has 0 aliphatic carbocycles. The summed E-state index contributed by atoms with van der Waals surface area (Å²) < 4.78 is 0.116. The number of hydrogen-bond acceptors (Lipinski definition) is 3. The molecule has 1 saturated heterocycles. The molecule has 17 heavy (non-hydrogen) atoms. The van der Waals surface area contributed by atoms with E-state index in [0.717, 1.165) is 12.0 Å². The van der Waals surface area contributed by atoms with Crippen molar-refractivity contribution in [2.24, 2.45) is 0 Å². The first kappa shape index (κ1) is 13.3. The zero-order valence-corrected chi connectivity index (χ0v) is 12.1. The van der Waals surface area contributed by atoms with Crippen molar-refractivity contribution in [1.82, 2.24) is 0 Å². The standard InChI is InChI=1S/C14H20OS2/c1-3-13(15)11-7-4-5-8-12(11)14(2)16-9-6-10-17-14/h4-5,7-8,13,15H,3,6,9-10H2,1-2H3. The van der Waals surface area contributed by atoms with Gasteiger partial charge >= 0.3 is 0 Å². The second kappa shape index (κ2) is 5.68. The van der Waals surface area contributed by atoms with E-state index in [0.29, 0.717) is 0 Å². The molecule has 1 aromatic rings. The molecule has 0 saturated carbocycles. The minimum Gasteiger partial charge on any atom is -0.388 e. The molecule has 0 radical (unpaired) electrons. The van der Waals surface area contributed by atoms with E-state index in [-0.39, 0.29) is 10.2 Å². The van der Waals surface area contributed by atoms with Crippen LogP contribution < -0.4 is 0 Å². The van der Waals surface area contributed by atoms with Crippen molar-refractivity contribution >= 4 is 23.5 Å². The molecule has 1 nitrogen and oxygen atoms in total. The molecule has 1 aliphatic rings. The Balaban J connectivity index is 2.36. The maximum absolute atomic E-state index is 10.1. The predicted octanol–water partition coefficient (Wildman–Crippen LogP) is 4.17. The smallest absolute Gasteiger partial charge is 0.0835 e. The molecule has 1 heterocycles. The SMILES string of the molecule is CCC(O)c1ccccc1C1(C)SCCCS1. The van der Waals surface area contributed by atoms with E-state index in [4.69, 9.17) is 0 Å². The number of thioether (sulfide) groups is 2. The summed E-state index contributed by atoms with van der Waals surface area (Å²) in [5, 5.41) is 10.1. The van der Waals surface area contributed by atoms with Gasteiger partial charge in [0.2, 0.25) is 0 Å². The van der Waals surface area contributed by atoms with Gasteiger partial charge < -0.3 is 5.11 Å². The Labute approximate surface area is 112 Å². The van der Waals surface area contributed by atoms with Crippen LogP contribution in [0.1, 0.15) is 43.9 Å². The lowest BCUT2D eigenvalue weighted by Gasteiger charge is -2.35. The van der Waals surface area contributed by atoms with Gasteiger partial charge in [0.25, 0.3) is 0 Å². The van der Waals surface area contributed by atoms with Gasteiger partial charge in [0.15, 0.2) is 0 Å². The number of aliphatic hydroxyl groups excluding tert-OH is 1. The van der Waals surface area contributed by atoms with Crippen LogP contribution in [0.5, 0.6) is 0 Å². The molecule has 3 heteroatoms. The highest BCUT2D eigenvalue weighted by Crippen LogP contribution is 2.51.